The van der Waals surface area contributed by atoms with E-state index in [1.54, 1.807) is 0 Å². The minimum Gasteiger partial charge on any atom is -0.465 e. The monoisotopic (exact) mass is 1360 g/mol. The maximum absolute atomic E-state index is 5.85. The summed E-state index contributed by atoms with van der Waals surface area (Å²) in [6, 6.07) is 62.2. The van der Waals surface area contributed by atoms with Crippen LogP contribution in [-0.2, 0) is 36.7 Å². The zero-order valence-electron chi connectivity index (χ0n) is 64.4. The van der Waals surface area contributed by atoms with E-state index in [0.717, 1.165) is 85.5 Å². The second-order valence-electron chi connectivity index (χ2n) is 27.1. The Morgan fingerprint density at radius 1 is 0.303 bits per heavy atom. The lowest BCUT2D eigenvalue weighted by atomic mass is 9.87. The molecule has 10 heteroatoms. The maximum atomic E-state index is 5.85. The van der Waals surface area contributed by atoms with E-state index in [2.05, 4.69) is 168 Å². The van der Waals surface area contributed by atoms with Crippen molar-refractivity contribution in [1.29, 1.82) is 0 Å². The van der Waals surface area contributed by atoms with Crippen LogP contribution >= 0.6 is 0 Å². The Kier molecular flexibility index (Phi) is 42.6. The van der Waals surface area contributed by atoms with Gasteiger partial charge in [-0.15, -0.1) is 0 Å². The summed E-state index contributed by atoms with van der Waals surface area (Å²) in [7, 11) is 0. The fourth-order valence-corrected chi connectivity index (χ4v) is 10.9. The average Bonchev–Trinajstić information content (AvgIpc) is 2.96. The van der Waals surface area contributed by atoms with Crippen LogP contribution in [0.4, 0.5) is 0 Å². The molecule has 0 aromatic heterocycles. The van der Waals surface area contributed by atoms with Gasteiger partial charge in [0, 0.05) is 6.61 Å². The highest BCUT2D eigenvalue weighted by Crippen LogP contribution is 2.29. The molecule has 546 valence electrons. The first-order chi connectivity index (χ1) is 47.7. The summed E-state index contributed by atoms with van der Waals surface area (Å²) in [4.78, 5) is 0. The van der Waals surface area contributed by atoms with Crippen LogP contribution in [0.25, 0.3) is 0 Å². The van der Waals surface area contributed by atoms with E-state index < -0.39 is 0 Å². The molecule has 0 spiro atoms. The smallest absolute Gasteiger partial charge is 0.197 e. The van der Waals surface area contributed by atoms with Crippen molar-refractivity contribution in [3.05, 3.63) is 221 Å². The van der Waals surface area contributed by atoms with Crippen LogP contribution in [0.5, 0.6) is 28.7 Å². The van der Waals surface area contributed by atoms with E-state index in [1.807, 2.05) is 139 Å². The zero-order chi connectivity index (χ0) is 72.2. The van der Waals surface area contributed by atoms with Gasteiger partial charge in [-0.3, -0.25) is 0 Å². The predicted octanol–water partition coefficient (Wildman–Crippen LogP) is 24.8. The van der Waals surface area contributed by atoms with Crippen LogP contribution in [0.15, 0.2) is 182 Å². The molecule has 0 amide bonds. The molecule has 0 heterocycles. The van der Waals surface area contributed by atoms with Crippen LogP contribution < -0.4 is 23.7 Å². The minimum absolute atomic E-state index is 0.168. The van der Waals surface area contributed by atoms with E-state index in [0.29, 0.717) is 55.3 Å². The van der Waals surface area contributed by atoms with Gasteiger partial charge in [0.25, 0.3) is 0 Å². The Morgan fingerprint density at radius 2 is 0.596 bits per heavy atom. The average molecular weight is 1360 g/mol. The Labute approximate surface area is 601 Å². The van der Waals surface area contributed by atoms with Gasteiger partial charge < -0.3 is 47.4 Å². The molecule has 1 fully saturated rings. The molecule has 0 N–H and O–H groups in total. The minimum atomic E-state index is -0.264. The molecule has 99 heavy (non-hydrogen) atoms. The quantitative estimate of drug-likeness (QED) is 0.0354. The Balaban J connectivity index is 0.000000264. The SMILES string of the molecule is CCC(C)c1ccc(OC(C)OCC(C)C)cc1.CCC(C)c1ccc(OC(C)OCCC2CCCCC2)cc1.CCC(C)c1ccc(OC(C)OCCc2ccccc2)cc1.CCC(C)c1ccc(OC(C)OCc2ccccc2)cc1.CCOC(C)Oc1ccc(C(C)CC)cc1. The van der Waals surface area contributed by atoms with Crippen LogP contribution in [0.3, 0.4) is 0 Å². The topological polar surface area (TPSA) is 92.3 Å². The van der Waals surface area contributed by atoms with Crippen molar-refractivity contribution in [1.82, 2.24) is 0 Å². The first kappa shape index (κ1) is 84.8. The van der Waals surface area contributed by atoms with Crippen molar-refractivity contribution < 1.29 is 47.4 Å². The summed E-state index contributed by atoms with van der Waals surface area (Å²) < 4.78 is 56.9. The maximum Gasteiger partial charge on any atom is 0.197 e. The van der Waals surface area contributed by atoms with Crippen LogP contribution in [-0.4, -0.2) is 57.9 Å². The molecule has 0 bridgehead atoms. The van der Waals surface area contributed by atoms with Crippen LogP contribution in [0.2, 0.25) is 0 Å². The van der Waals surface area contributed by atoms with E-state index in [9.17, 15) is 0 Å². The summed E-state index contributed by atoms with van der Waals surface area (Å²) in [5.74, 6) is 8.76. The predicted molar refractivity (Wildman–Crippen MR) is 413 cm³/mol. The molecule has 1 aliphatic carbocycles. The summed E-state index contributed by atoms with van der Waals surface area (Å²) in [5, 5.41) is 0. The van der Waals surface area contributed by atoms with Crippen molar-refractivity contribution in [2.24, 2.45) is 11.8 Å². The highest BCUT2D eigenvalue weighted by molar-refractivity contribution is 5.33. The lowest BCUT2D eigenvalue weighted by Crippen LogP contribution is -2.19. The molecule has 8 rings (SSSR count). The van der Waals surface area contributed by atoms with Crippen molar-refractivity contribution in [3.8, 4) is 28.7 Å². The molecule has 0 radical (unpaired) electrons. The second-order valence-corrected chi connectivity index (χ2v) is 27.1. The molecule has 10 atom stereocenters. The van der Waals surface area contributed by atoms with Gasteiger partial charge >= 0.3 is 0 Å². The number of hydrogen-bond acceptors (Lipinski definition) is 10. The molecular formula is C89H130O10. The van der Waals surface area contributed by atoms with Gasteiger partial charge in [-0.05, 0) is 228 Å². The van der Waals surface area contributed by atoms with Crippen molar-refractivity contribution in [2.45, 2.75) is 269 Å². The molecule has 10 unspecified atom stereocenters. The normalized spacial score (nSPS) is 15.1. The van der Waals surface area contributed by atoms with Crippen LogP contribution in [0, 0.1) is 11.8 Å². The molecule has 0 saturated heterocycles. The van der Waals surface area contributed by atoms with E-state index >= 15 is 0 Å². The summed E-state index contributed by atoms with van der Waals surface area (Å²) in [6.07, 6.45) is 13.8. The number of hydrogen-bond donors (Lipinski definition) is 0. The number of benzene rings is 7. The molecule has 0 aliphatic heterocycles. The Morgan fingerprint density at radius 3 is 0.909 bits per heavy atom. The highest BCUT2D eigenvalue weighted by Gasteiger charge is 2.16. The summed E-state index contributed by atoms with van der Waals surface area (Å²) in [5.41, 5.74) is 9.24. The van der Waals surface area contributed by atoms with Gasteiger partial charge in [0.1, 0.15) is 28.7 Å². The second kappa shape index (κ2) is 49.8. The molecule has 1 saturated carbocycles. The zero-order valence-corrected chi connectivity index (χ0v) is 64.4. The van der Waals surface area contributed by atoms with Gasteiger partial charge in [0.05, 0.1) is 26.4 Å². The van der Waals surface area contributed by atoms with Crippen molar-refractivity contribution in [3.63, 3.8) is 0 Å². The van der Waals surface area contributed by atoms with E-state index in [-0.39, 0.29) is 31.5 Å². The van der Waals surface area contributed by atoms with E-state index in [1.165, 1.54) is 78.3 Å². The van der Waals surface area contributed by atoms with Crippen molar-refractivity contribution in [2.75, 3.05) is 26.4 Å². The van der Waals surface area contributed by atoms with Crippen LogP contribution in [0.1, 0.15) is 264 Å². The molecule has 1 aliphatic rings. The molecular weight excluding hydrogens is 1230 g/mol. The number of ether oxygens (including phenoxy) is 10. The first-order valence-electron chi connectivity index (χ1n) is 37.7. The fraction of sp³-hybridized carbons (Fsp3) is 0.528. The standard InChI is InChI=1S/C20H32O2.C20H26O2.C19H24O2.C16H26O2.C14H22O2/c2*1-4-16(2)19-10-12-20(13-11-19)22-17(3)21-15-14-18-8-6-5-7-9-18;1-4-15(2)18-10-12-19(13-11-18)21-16(3)20-14-17-8-6-5-7-9-17;1-6-13(4)15-7-9-16(10-8-15)18-14(5)17-11-12(2)3;1-5-11(3)13-7-9-14(10-8-13)16-12(4)15-6-2/h10-13,16-18H,4-9,14-15H2,1-3H3;5-13,16-17H,4,14-15H2,1-3H3;5-13,15-16H,4,14H2,1-3H3;7-10,12-14H,6,11H2,1-5H3;7-12H,5-6H2,1-4H3. The van der Waals surface area contributed by atoms with E-state index in [4.69, 9.17) is 47.4 Å². The first-order valence-corrected chi connectivity index (χ1v) is 37.7. The number of rotatable bonds is 36. The van der Waals surface area contributed by atoms with Gasteiger partial charge in [-0.25, -0.2) is 0 Å². The Hall–Kier alpha value is -6.66. The van der Waals surface area contributed by atoms with Crippen molar-refractivity contribution >= 4 is 0 Å². The molecule has 10 nitrogen and oxygen atoms in total. The summed E-state index contributed by atoms with van der Waals surface area (Å²) in [6.45, 7) is 41.6. The lowest BCUT2D eigenvalue weighted by molar-refractivity contribution is -0.0760. The van der Waals surface area contributed by atoms with Gasteiger partial charge in [-0.1, -0.05) is 237 Å². The molecule has 7 aromatic rings. The third-order valence-electron chi connectivity index (χ3n) is 18.4. The third kappa shape index (κ3) is 36.0. The summed E-state index contributed by atoms with van der Waals surface area (Å²) >= 11 is 0. The fourth-order valence-electron chi connectivity index (χ4n) is 10.9. The van der Waals surface area contributed by atoms with Gasteiger partial charge in [0.2, 0.25) is 0 Å². The Bertz CT molecular complexity index is 3040. The highest BCUT2D eigenvalue weighted by atomic mass is 16.7. The molecule has 7 aromatic carbocycles. The van der Waals surface area contributed by atoms with Gasteiger partial charge in [-0.2, -0.15) is 0 Å². The largest absolute Gasteiger partial charge is 0.465 e. The lowest BCUT2D eigenvalue weighted by Gasteiger charge is -2.22. The third-order valence-corrected chi connectivity index (χ3v) is 18.4. The van der Waals surface area contributed by atoms with Gasteiger partial charge in [0.15, 0.2) is 31.5 Å².